The molecule has 2 aromatic rings. The average Bonchev–Trinajstić information content (AvgIpc) is 3.09. The van der Waals surface area contributed by atoms with Crippen LogP contribution in [0, 0.1) is 0 Å². The first-order valence-electron chi connectivity index (χ1n) is 13.2. The number of amides is 2. The van der Waals surface area contributed by atoms with Gasteiger partial charge in [-0.1, -0.05) is 48.5 Å². The number of phosphoric ester groups is 1. The lowest BCUT2D eigenvalue weighted by atomic mass is 9.97. The molecule has 10 nitrogen and oxygen atoms in total. The van der Waals surface area contributed by atoms with Crippen LogP contribution < -0.4 is 5.32 Å². The van der Waals surface area contributed by atoms with Crippen molar-refractivity contribution in [3.05, 3.63) is 70.8 Å². The minimum atomic E-state index is -4.05. The zero-order valence-corrected chi connectivity index (χ0v) is 23.6. The largest absolute Gasteiger partial charge is 0.472 e. The van der Waals surface area contributed by atoms with Gasteiger partial charge in [0, 0.05) is 20.0 Å². The van der Waals surface area contributed by atoms with Crippen molar-refractivity contribution in [1.82, 2.24) is 10.2 Å². The van der Waals surface area contributed by atoms with E-state index in [1.165, 1.54) is 22.3 Å². The summed E-state index contributed by atoms with van der Waals surface area (Å²) in [6, 6.07) is 16.7. The summed E-state index contributed by atoms with van der Waals surface area (Å²) in [6.07, 6.45) is 2.05. The molecule has 0 radical (unpaired) electrons. The predicted octanol–water partition coefficient (Wildman–Crippen LogP) is 3.42. The summed E-state index contributed by atoms with van der Waals surface area (Å²) in [7, 11) is -2.19. The zero-order valence-electron chi connectivity index (χ0n) is 22.7. The first kappa shape index (κ1) is 30.9. The van der Waals surface area contributed by atoms with Crippen molar-refractivity contribution < 1.29 is 37.6 Å². The Morgan fingerprint density at radius 2 is 1.56 bits per heavy atom. The molecule has 2 unspecified atom stereocenters. The van der Waals surface area contributed by atoms with E-state index in [1.54, 1.807) is 6.92 Å². The highest BCUT2D eigenvalue weighted by molar-refractivity contribution is 7.47. The molecule has 39 heavy (non-hydrogen) atoms. The lowest BCUT2D eigenvalue weighted by molar-refractivity contribution is -0.133. The molecule has 0 saturated heterocycles. The van der Waals surface area contributed by atoms with Crippen LogP contribution in [0.4, 0.5) is 0 Å². The quantitative estimate of drug-likeness (QED) is 0.236. The van der Waals surface area contributed by atoms with Gasteiger partial charge >= 0.3 is 7.82 Å². The third-order valence-corrected chi connectivity index (χ3v) is 7.56. The number of nitrogens with one attached hydrogen (secondary N) is 1. The SMILES string of the molecule is CCOP(=O)(O)OCCNC(=O)CCOCCOCCC(=O)N(C)C1Cc2ccccc2Cc2ccccc21. The highest BCUT2D eigenvalue weighted by atomic mass is 31.2. The summed E-state index contributed by atoms with van der Waals surface area (Å²) in [5, 5.41) is 2.57. The third-order valence-electron chi connectivity index (χ3n) is 6.46. The summed E-state index contributed by atoms with van der Waals surface area (Å²) >= 11 is 0. The first-order chi connectivity index (χ1) is 18.8. The van der Waals surface area contributed by atoms with Crippen molar-refractivity contribution in [2.75, 3.05) is 53.2 Å². The Balaban J connectivity index is 1.30. The van der Waals surface area contributed by atoms with E-state index in [2.05, 4.69) is 40.2 Å². The van der Waals surface area contributed by atoms with Crippen molar-refractivity contribution in [3.63, 3.8) is 0 Å². The molecule has 2 amide bonds. The van der Waals surface area contributed by atoms with Crippen LogP contribution in [0.15, 0.2) is 48.5 Å². The van der Waals surface area contributed by atoms with Crippen molar-refractivity contribution in [1.29, 1.82) is 0 Å². The minimum absolute atomic E-state index is 0.0227. The second-order valence-electron chi connectivity index (χ2n) is 9.16. The van der Waals surface area contributed by atoms with Gasteiger partial charge < -0.3 is 24.6 Å². The zero-order chi connectivity index (χ0) is 28.1. The molecular weight excluding hydrogens is 523 g/mol. The molecule has 0 fully saturated rings. The number of hydrogen-bond donors (Lipinski definition) is 2. The average molecular weight is 563 g/mol. The molecule has 11 heteroatoms. The van der Waals surface area contributed by atoms with Crippen LogP contribution in [0.5, 0.6) is 0 Å². The molecule has 214 valence electrons. The van der Waals surface area contributed by atoms with Gasteiger partial charge in [-0.05, 0) is 42.0 Å². The maximum absolute atomic E-state index is 13.0. The molecular formula is C28H39N2O8P. The molecule has 3 rings (SSSR count). The Hall–Kier alpha value is -2.59. The molecule has 2 N–H and O–H groups in total. The summed E-state index contributed by atoms with van der Waals surface area (Å²) in [5.41, 5.74) is 5.01. The standard InChI is InChI=1S/C28H39N2O8P/c1-3-37-39(33,34)38-17-14-29-27(31)12-15-35-18-19-36-16-13-28(32)30(2)26-21-23-9-5-4-8-22(23)20-24-10-6-7-11-25(24)26/h4-11,26H,3,12-21H2,1-2H3,(H,29,31)(H,33,34). The number of hydrogen-bond acceptors (Lipinski definition) is 7. The number of carbonyl (C=O) groups is 2. The number of nitrogens with zero attached hydrogens (tertiary/aromatic N) is 1. The maximum atomic E-state index is 13.0. The molecule has 1 aliphatic carbocycles. The molecule has 0 saturated carbocycles. The summed E-state index contributed by atoms with van der Waals surface area (Å²) in [6.45, 7) is 2.69. The summed E-state index contributed by atoms with van der Waals surface area (Å²) in [5.74, 6) is -0.241. The van der Waals surface area contributed by atoms with Gasteiger partial charge in [0.25, 0.3) is 0 Å². The van der Waals surface area contributed by atoms with E-state index >= 15 is 0 Å². The van der Waals surface area contributed by atoms with Gasteiger partial charge in [-0.15, -0.1) is 0 Å². The second-order valence-corrected chi connectivity index (χ2v) is 10.6. The Bertz CT molecular complexity index is 1130. The Morgan fingerprint density at radius 1 is 0.923 bits per heavy atom. The molecule has 0 aromatic heterocycles. The minimum Gasteiger partial charge on any atom is -0.379 e. The highest BCUT2D eigenvalue weighted by Crippen LogP contribution is 2.42. The fourth-order valence-electron chi connectivity index (χ4n) is 4.46. The van der Waals surface area contributed by atoms with Crippen LogP contribution in [0.25, 0.3) is 0 Å². The number of phosphoric acid groups is 1. The third kappa shape index (κ3) is 10.1. The monoisotopic (exact) mass is 562 g/mol. The smallest absolute Gasteiger partial charge is 0.379 e. The van der Waals surface area contributed by atoms with Gasteiger partial charge in [0.15, 0.2) is 0 Å². The fraction of sp³-hybridized carbons (Fsp3) is 0.500. The number of likely N-dealkylation sites (N-methyl/N-ethyl adjacent to an activating group) is 1. The van der Waals surface area contributed by atoms with E-state index in [9.17, 15) is 19.0 Å². The van der Waals surface area contributed by atoms with Crippen LogP contribution in [0.2, 0.25) is 0 Å². The van der Waals surface area contributed by atoms with Crippen molar-refractivity contribution >= 4 is 19.6 Å². The summed E-state index contributed by atoms with van der Waals surface area (Å²) in [4.78, 5) is 35.9. The Morgan fingerprint density at radius 3 is 2.28 bits per heavy atom. The van der Waals surface area contributed by atoms with E-state index in [1.807, 2.05) is 30.1 Å². The van der Waals surface area contributed by atoms with Crippen molar-refractivity contribution in [2.24, 2.45) is 0 Å². The normalized spacial score (nSPS) is 15.9. The van der Waals surface area contributed by atoms with Crippen LogP contribution >= 0.6 is 7.82 Å². The van der Waals surface area contributed by atoms with Gasteiger partial charge in [0.05, 0.1) is 52.1 Å². The van der Waals surface area contributed by atoms with Crippen LogP contribution in [-0.2, 0) is 45.5 Å². The van der Waals surface area contributed by atoms with Crippen molar-refractivity contribution in [2.45, 2.75) is 38.6 Å². The lowest BCUT2D eigenvalue weighted by Gasteiger charge is -2.29. The van der Waals surface area contributed by atoms with E-state index in [0.29, 0.717) is 13.2 Å². The van der Waals surface area contributed by atoms with Crippen LogP contribution in [0.3, 0.4) is 0 Å². The number of ether oxygens (including phenoxy) is 2. The van der Waals surface area contributed by atoms with Gasteiger partial charge in [0.2, 0.25) is 11.8 Å². The van der Waals surface area contributed by atoms with E-state index < -0.39 is 7.82 Å². The molecule has 0 aliphatic heterocycles. The predicted molar refractivity (Wildman–Crippen MR) is 146 cm³/mol. The molecule has 0 bridgehead atoms. The Labute approximate surface area is 230 Å². The molecule has 2 atom stereocenters. The van der Waals surface area contributed by atoms with Crippen LogP contribution in [-0.4, -0.2) is 74.8 Å². The number of fused-ring (bicyclic) bond motifs is 2. The number of rotatable bonds is 16. The van der Waals surface area contributed by atoms with Gasteiger partial charge in [-0.3, -0.25) is 18.6 Å². The highest BCUT2D eigenvalue weighted by Gasteiger charge is 2.27. The van der Waals surface area contributed by atoms with E-state index in [4.69, 9.17) is 14.0 Å². The Kier molecular flexibility index (Phi) is 12.6. The second kappa shape index (κ2) is 15.9. The van der Waals surface area contributed by atoms with Gasteiger partial charge in [-0.25, -0.2) is 4.57 Å². The first-order valence-corrected chi connectivity index (χ1v) is 14.7. The molecule has 0 heterocycles. The van der Waals surface area contributed by atoms with E-state index in [-0.39, 0.29) is 63.7 Å². The maximum Gasteiger partial charge on any atom is 0.472 e. The van der Waals surface area contributed by atoms with Crippen molar-refractivity contribution in [3.8, 4) is 0 Å². The molecule has 1 aliphatic rings. The number of benzene rings is 2. The van der Waals surface area contributed by atoms with Gasteiger partial charge in [-0.2, -0.15) is 0 Å². The van der Waals surface area contributed by atoms with Gasteiger partial charge in [0.1, 0.15) is 0 Å². The van der Waals surface area contributed by atoms with E-state index in [0.717, 1.165) is 12.8 Å². The number of carbonyl (C=O) groups excluding carboxylic acids is 2. The topological polar surface area (TPSA) is 124 Å². The summed E-state index contributed by atoms with van der Waals surface area (Å²) < 4.78 is 31.6. The molecule has 0 spiro atoms. The molecule has 2 aromatic carbocycles. The fourth-order valence-corrected chi connectivity index (χ4v) is 5.18. The van der Waals surface area contributed by atoms with Crippen LogP contribution in [0.1, 0.15) is 48.1 Å². The lowest BCUT2D eigenvalue weighted by Crippen LogP contribution is -2.33.